The molecule has 0 aromatic rings. The van der Waals surface area contributed by atoms with Gasteiger partial charge in [-0.25, -0.2) is 0 Å². The molecule has 2 N–H and O–H groups in total. The number of aliphatic carboxylic acids is 1. The minimum absolute atomic E-state index is 0.657. The topological polar surface area (TPSA) is 57.5 Å². The second kappa shape index (κ2) is 2.67. The Labute approximate surface area is 47.9 Å². The van der Waals surface area contributed by atoms with Crippen LogP contribution in [0.1, 0.15) is 13.8 Å². The number of rotatable bonds is 2. The van der Waals surface area contributed by atoms with Crippen molar-refractivity contribution >= 4 is 5.97 Å². The lowest BCUT2D eigenvalue weighted by Crippen LogP contribution is -2.21. The minimum atomic E-state index is -0.958. The molecule has 0 amide bonds. The maximum atomic E-state index is 9.98. The van der Waals surface area contributed by atoms with E-state index in [2.05, 4.69) is 0 Å². The Bertz CT molecular complexity index is 87.7. The monoisotopic (exact) mass is 118 g/mol. The summed E-state index contributed by atoms with van der Waals surface area (Å²) >= 11 is 0. The average Bonchev–Trinajstić information content (AvgIpc) is 1.64. The van der Waals surface area contributed by atoms with Crippen LogP contribution in [0.15, 0.2) is 0 Å². The van der Waals surface area contributed by atoms with Crippen molar-refractivity contribution in [1.29, 1.82) is 0 Å². The largest absolute Gasteiger partial charge is 0.481 e. The summed E-state index contributed by atoms with van der Waals surface area (Å²) in [5, 5.41) is 16.8. The lowest BCUT2D eigenvalue weighted by molar-refractivity contribution is -0.144. The molecule has 0 spiro atoms. The van der Waals surface area contributed by atoms with Crippen LogP contribution in [0.25, 0.3) is 0 Å². The van der Waals surface area contributed by atoms with Gasteiger partial charge in [-0.15, -0.1) is 0 Å². The molecule has 0 bridgehead atoms. The van der Waals surface area contributed by atoms with Gasteiger partial charge in [-0.05, 0) is 13.8 Å². The first-order valence-electron chi connectivity index (χ1n) is 2.46. The van der Waals surface area contributed by atoms with E-state index < -0.39 is 18.0 Å². The van der Waals surface area contributed by atoms with Gasteiger partial charge in [0.05, 0.1) is 12.0 Å². The van der Waals surface area contributed by atoms with Gasteiger partial charge in [0, 0.05) is 0 Å². The summed E-state index contributed by atoms with van der Waals surface area (Å²) in [7, 11) is 0. The number of carboxylic acid groups (broad SMARTS) is 1. The van der Waals surface area contributed by atoms with Gasteiger partial charge in [0.15, 0.2) is 0 Å². The van der Waals surface area contributed by atoms with E-state index in [1.807, 2.05) is 0 Å². The van der Waals surface area contributed by atoms with Crippen molar-refractivity contribution in [3.05, 3.63) is 0 Å². The lowest BCUT2D eigenvalue weighted by Gasteiger charge is -2.06. The fourth-order valence-electron chi connectivity index (χ4n) is 0.206. The molecule has 3 nitrogen and oxygen atoms in total. The third kappa shape index (κ3) is 1.93. The highest BCUT2D eigenvalue weighted by molar-refractivity contribution is 5.70. The molecule has 0 saturated carbocycles. The Hall–Kier alpha value is -0.570. The Morgan fingerprint density at radius 3 is 1.88 bits per heavy atom. The van der Waals surface area contributed by atoms with Crippen molar-refractivity contribution in [2.75, 3.05) is 0 Å². The van der Waals surface area contributed by atoms with Crippen LogP contribution in [0.4, 0.5) is 0 Å². The van der Waals surface area contributed by atoms with Crippen molar-refractivity contribution < 1.29 is 15.0 Å². The highest BCUT2D eigenvalue weighted by Crippen LogP contribution is 1.99. The Morgan fingerprint density at radius 1 is 1.50 bits per heavy atom. The van der Waals surface area contributed by atoms with Crippen molar-refractivity contribution in [3.63, 3.8) is 0 Å². The molecule has 0 aromatic carbocycles. The SMILES string of the molecule is C[C@@H](O)[C@@H](C)C(=O)O. The minimum Gasteiger partial charge on any atom is -0.481 e. The van der Waals surface area contributed by atoms with E-state index in [1.165, 1.54) is 13.8 Å². The zero-order chi connectivity index (χ0) is 6.73. The Balaban J connectivity index is 3.64. The molecular formula is C5H10O3. The molecule has 0 aliphatic carbocycles. The molecule has 0 unspecified atom stereocenters. The van der Waals surface area contributed by atoms with Crippen molar-refractivity contribution in [2.45, 2.75) is 20.0 Å². The predicted molar refractivity (Wildman–Crippen MR) is 28.5 cm³/mol. The molecule has 0 heterocycles. The van der Waals surface area contributed by atoms with Gasteiger partial charge in [0.1, 0.15) is 0 Å². The van der Waals surface area contributed by atoms with Crippen LogP contribution in [0.2, 0.25) is 0 Å². The molecule has 0 aliphatic rings. The van der Waals surface area contributed by atoms with Crippen LogP contribution in [0, 0.1) is 5.92 Å². The van der Waals surface area contributed by atoms with Gasteiger partial charge in [0.25, 0.3) is 0 Å². The summed E-state index contributed by atoms with van der Waals surface area (Å²) in [6.45, 7) is 2.92. The molecule has 0 radical (unpaired) electrons. The molecule has 0 aromatic heterocycles. The summed E-state index contributed by atoms with van der Waals surface area (Å²) < 4.78 is 0. The predicted octanol–water partition coefficient (Wildman–Crippen LogP) is 0.0879. The quantitative estimate of drug-likeness (QED) is 0.540. The first kappa shape index (κ1) is 7.43. The smallest absolute Gasteiger partial charge is 0.308 e. The molecule has 0 saturated heterocycles. The summed E-state index contributed by atoms with van der Waals surface area (Å²) in [5.41, 5.74) is 0. The number of aliphatic hydroxyl groups excluding tert-OH is 1. The summed E-state index contributed by atoms with van der Waals surface area (Å²) in [5.74, 6) is -1.62. The zero-order valence-corrected chi connectivity index (χ0v) is 4.96. The maximum absolute atomic E-state index is 9.98. The average molecular weight is 118 g/mol. The van der Waals surface area contributed by atoms with Crippen LogP contribution >= 0.6 is 0 Å². The van der Waals surface area contributed by atoms with Gasteiger partial charge < -0.3 is 10.2 Å². The molecule has 3 heteroatoms. The molecule has 2 atom stereocenters. The molecule has 48 valence electrons. The van der Waals surface area contributed by atoms with E-state index in [0.29, 0.717) is 0 Å². The van der Waals surface area contributed by atoms with Crippen LogP contribution in [0.5, 0.6) is 0 Å². The highest BCUT2D eigenvalue weighted by atomic mass is 16.4. The molecule has 0 rings (SSSR count). The Kier molecular flexibility index (Phi) is 2.48. The summed E-state index contributed by atoms with van der Waals surface area (Å²) in [6, 6.07) is 0. The fraction of sp³-hybridized carbons (Fsp3) is 0.800. The van der Waals surface area contributed by atoms with Crippen molar-refractivity contribution in [2.24, 2.45) is 5.92 Å². The first-order chi connectivity index (χ1) is 3.55. The van der Waals surface area contributed by atoms with E-state index >= 15 is 0 Å². The van der Waals surface area contributed by atoms with Crippen molar-refractivity contribution in [3.8, 4) is 0 Å². The second-order valence-corrected chi connectivity index (χ2v) is 1.87. The van der Waals surface area contributed by atoms with E-state index in [1.54, 1.807) is 0 Å². The van der Waals surface area contributed by atoms with Gasteiger partial charge in [-0.1, -0.05) is 0 Å². The van der Waals surface area contributed by atoms with Crippen LogP contribution in [-0.2, 0) is 4.79 Å². The van der Waals surface area contributed by atoms with Gasteiger partial charge in [-0.3, -0.25) is 4.79 Å². The lowest BCUT2D eigenvalue weighted by atomic mass is 10.1. The van der Waals surface area contributed by atoms with E-state index in [9.17, 15) is 4.79 Å². The number of hydrogen-bond acceptors (Lipinski definition) is 2. The normalized spacial score (nSPS) is 17.4. The third-order valence-corrected chi connectivity index (χ3v) is 1.11. The van der Waals surface area contributed by atoms with E-state index in [0.717, 1.165) is 0 Å². The van der Waals surface area contributed by atoms with Crippen LogP contribution in [0.3, 0.4) is 0 Å². The van der Waals surface area contributed by atoms with Gasteiger partial charge in [-0.2, -0.15) is 0 Å². The number of aliphatic hydroxyl groups is 1. The number of hydrogen-bond donors (Lipinski definition) is 2. The molecule has 0 fully saturated rings. The van der Waals surface area contributed by atoms with Gasteiger partial charge >= 0.3 is 5.97 Å². The highest BCUT2D eigenvalue weighted by Gasteiger charge is 2.15. The maximum Gasteiger partial charge on any atom is 0.308 e. The van der Waals surface area contributed by atoms with E-state index in [4.69, 9.17) is 10.2 Å². The Morgan fingerprint density at radius 2 is 1.88 bits per heavy atom. The van der Waals surface area contributed by atoms with E-state index in [-0.39, 0.29) is 0 Å². The second-order valence-electron chi connectivity index (χ2n) is 1.87. The number of carbonyl (C=O) groups is 1. The van der Waals surface area contributed by atoms with Crippen LogP contribution < -0.4 is 0 Å². The summed E-state index contributed by atoms with van der Waals surface area (Å²) in [6.07, 6.45) is -0.757. The number of carboxylic acids is 1. The molecule has 8 heavy (non-hydrogen) atoms. The summed E-state index contributed by atoms with van der Waals surface area (Å²) in [4.78, 5) is 9.98. The standard InChI is InChI=1S/C5H10O3/c1-3(4(2)6)5(7)8/h3-4,6H,1-2H3,(H,7,8)/t3-,4-/m1/s1. The zero-order valence-electron chi connectivity index (χ0n) is 4.96. The molecular weight excluding hydrogens is 108 g/mol. The first-order valence-corrected chi connectivity index (χ1v) is 2.46. The van der Waals surface area contributed by atoms with Gasteiger partial charge in [0.2, 0.25) is 0 Å². The fourth-order valence-corrected chi connectivity index (χ4v) is 0.206. The molecule has 0 aliphatic heterocycles. The third-order valence-electron chi connectivity index (χ3n) is 1.11. The van der Waals surface area contributed by atoms with Crippen LogP contribution in [-0.4, -0.2) is 22.3 Å². The van der Waals surface area contributed by atoms with Crippen molar-refractivity contribution in [1.82, 2.24) is 0 Å².